The lowest BCUT2D eigenvalue weighted by molar-refractivity contribution is -0.0324. The summed E-state index contributed by atoms with van der Waals surface area (Å²) in [6.07, 6.45) is 31.9. The lowest BCUT2D eigenvalue weighted by Crippen LogP contribution is -2.55. The molecule has 1 aliphatic carbocycles. The number of nitrogens with zero attached hydrogens (tertiary/aromatic N) is 1. The van der Waals surface area contributed by atoms with Crippen molar-refractivity contribution < 1.29 is 0 Å². The van der Waals surface area contributed by atoms with E-state index >= 15 is 0 Å². The van der Waals surface area contributed by atoms with Gasteiger partial charge in [0.1, 0.15) is 0 Å². The monoisotopic (exact) mass is 502 g/mol. The van der Waals surface area contributed by atoms with Crippen molar-refractivity contribution >= 4 is 0 Å². The Morgan fingerprint density at radius 3 is 2.03 bits per heavy atom. The molecule has 1 heteroatoms. The molecule has 3 rings (SSSR count). The van der Waals surface area contributed by atoms with Gasteiger partial charge in [-0.3, -0.25) is 4.90 Å². The number of hydrogen-bond donors (Lipinski definition) is 0. The molecule has 3 fully saturated rings. The average Bonchev–Trinajstić information content (AvgIpc) is 3.13. The molecule has 3 aliphatic rings. The van der Waals surface area contributed by atoms with Gasteiger partial charge in [-0.15, -0.1) is 0 Å². The van der Waals surface area contributed by atoms with Gasteiger partial charge in [-0.25, -0.2) is 0 Å². The van der Waals surface area contributed by atoms with Crippen LogP contribution in [-0.4, -0.2) is 23.0 Å². The van der Waals surface area contributed by atoms with Crippen molar-refractivity contribution in [2.45, 2.75) is 194 Å². The molecule has 0 bridgehead atoms. The van der Waals surface area contributed by atoms with Crippen LogP contribution in [0.5, 0.6) is 0 Å². The molecule has 2 saturated heterocycles. The number of rotatable bonds is 10. The predicted molar refractivity (Wildman–Crippen MR) is 161 cm³/mol. The largest absolute Gasteiger partial charge is 0.294 e. The molecular weight excluding hydrogens is 434 g/mol. The van der Waals surface area contributed by atoms with Crippen LogP contribution in [0.2, 0.25) is 0 Å². The first-order valence-electron chi connectivity index (χ1n) is 17.2. The van der Waals surface area contributed by atoms with Crippen molar-refractivity contribution in [3.63, 3.8) is 0 Å². The van der Waals surface area contributed by atoms with Gasteiger partial charge in [-0.2, -0.15) is 0 Å². The third-order valence-corrected chi connectivity index (χ3v) is 12.0. The van der Waals surface area contributed by atoms with Crippen molar-refractivity contribution in [1.29, 1.82) is 0 Å². The molecule has 0 aromatic heterocycles. The SMILES string of the molecule is CCCCCCC(CCC)C(C)(C)C1C2CCCCCCCN2C2(CC)CCCCCCCCC12C. The topological polar surface area (TPSA) is 3.24 Å². The van der Waals surface area contributed by atoms with Crippen LogP contribution in [0.4, 0.5) is 0 Å². The van der Waals surface area contributed by atoms with Gasteiger partial charge in [0.25, 0.3) is 0 Å². The van der Waals surface area contributed by atoms with Crippen molar-refractivity contribution in [3.8, 4) is 0 Å². The summed E-state index contributed by atoms with van der Waals surface area (Å²) in [4.78, 5) is 3.24. The summed E-state index contributed by atoms with van der Waals surface area (Å²) in [7, 11) is 0. The first-order chi connectivity index (χ1) is 17.4. The number of unbranched alkanes of at least 4 members (excludes halogenated alkanes) is 3. The van der Waals surface area contributed by atoms with Gasteiger partial charge in [0, 0.05) is 11.6 Å². The highest BCUT2D eigenvalue weighted by atomic mass is 15.3. The van der Waals surface area contributed by atoms with E-state index in [9.17, 15) is 0 Å². The average molecular weight is 502 g/mol. The lowest BCUT2D eigenvalue weighted by Gasteiger charge is -2.54. The highest BCUT2D eigenvalue weighted by Gasteiger charge is 2.66. The van der Waals surface area contributed by atoms with Crippen LogP contribution in [0.3, 0.4) is 0 Å². The molecule has 5 atom stereocenters. The zero-order valence-electron chi connectivity index (χ0n) is 25.9. The summed E-state index contributed by atoms with van der Waals surface area (Å²) in [5.41, 5.74) is 1.32. The summed E-state index contributed by atoms with van der Waals surface area (Å²) >= 11 is 0. The van der Waals surface area contributed by atoms with E-state index in [0.29, 0.717) is 16.4 Å². The molecule has 2 aliphatic heterocycles. The molecular formula is C35H67N. The number of hydrogen-bond acceptors (Lipinski definition) is 1. The summed E-state index contributed by atoms with van der Waals surface area (Å²) < 4.78 is 0. The predicted octanol–water partition coefficient (Wildman–Crippen LogP) is 11.3. The highest BCUT2D eigenvalue weighted by Crippen LogP contribution is 2.66. The maximum absolute atomic E-state index is 3.24. The molecule has 0 aromatic carbocycles. The fraction of sp³-hybridized carbons (Fsp3) is 1.00. The molecule has 0 amide bonds. The van der Waals surface area contributed by atoms with E-state index in [1.807, 2.05) is 0 Å². The minimum absolute atomic E-state index is 0.426. The quantitative estimate of drug-likeness (QED) is 0.269. The molecule has 0 N–H and O–H groups in total. The van der Waals surface area contributed by atoms with Crippen molar-refractivity contribution in [2.24, 2.45) is 22.7 Å². The van der Waals surface area contributed by atoms with Crippen LogP contribution in [0.25, 0.3) is 0 Å². The first-order valence-corrected chi connectivity index (χ1v) is 17.2. The molecule has 1 saturated carbocycles. The summed E-state index contributed by atoms with van der Waals surface area (Å²) in [5, 5.41) is 0. The second-order valence-electron chi connectivity index (χ2n) is 14.4. The third-order valence-electron chi connectivity index (χ3n) is 12.0. The molecule has 5 unspecified atom stereocenters. The van der Waals surface area contributed by atoms with Crippen LogP contribution in [0.1, 0.15) is 183 Å². The summed E-state index contributed by atoms with van der Waals surface area (Å²) in [5.74, 6) is 1.74. The Hall–Kier alpha value is -0.0400. The fourth-order valence-electron chi connectivity index (χ4n) is 10.3. The van der Waals surface area contributed by atoms with Gasteiger partial charge in [0.05, 0.1) is 0 Å². The molecule has 36 heavy (non-hydrogen) atoms. The Kier molecular flexibility index (Phi) is 12.2. The second kappa shape index (κ2) is 14.4. The van der Waals surface area contributed by atoms with Crippen molar-refractivity contribution in [1.82, 2.24) is 4.90 Å². The molecule has 2 heterocycles. The Morgan fingerprint density at radius 1 is 0.722 bits per heavy atom. The first kappa shape index (κ1) is 30.5. The van der Waals surface area contributed by atoms with Crippen LogP contribution >= 0.6 is 0 Å². The zero-order chi connectivity index (χ0) is 26.1. The van der Waals surface area contributed by atoms with Crippen LogP contribution in [0, 0.1) is 22.7 Å². The maximum Gasteiger partial charge on any atom is 0.0267 e. The smallest absolute Gasteiger partial charge is 0.0267 e. The van der Waals surface area contributed by atoms with Crippen LogP contribution < -0.4 is 0 Å². The minimum Gasteiger partial charge on any atom is -0.294 e. The van der Waals surface area contributed by atoms with E-state index in [-0.39, 0.29) is 0 Å². The van der Waals surface area contributed by atoms with E-state index in [0.717, 1.165) is 17.9 Å². The Labute approximate surface area is 228 Å². The Balaban J connectivity index is 2.06. The fourth-order valence-corrected chi connectivity index (χ4v) is 10.3. The van der Waals surface area contributed by atoms with Gasteiger partial charge < -0.3 is 0 Å². The second-order valence-corrected chi connectivity index (χ2v) is 14.4. The van der Waals surface area contributed by atoms with E-state index in [1.165, 1.54) is 148 Å². The van der Waals surface area contributed by atoms with Gasteiger partial charge in [-0.1, -0.05) is 144 Å². The normalized spacial score (nSPS) is 34.2. The molecule has 0 spiro atoms. The van der Waals surface area contributed by atoms with E-state index < -0.39 is 0 Å². The minimum atomic E-state index is 0.426. The van der Waals surface area contributed by atoms with E-state index in [4.69, 9.17) is 0 Å². The van der Waals surface area contributed by atoms with Crippen molar-refractivity contribution in [2.75, 3.05) is 6.54 Å². The Morgan fingerprint density at radius 2 is 1.36 bits per heavy atom. The van der Waals surface area contributed by atoms with E-state index in [1.54, 1.807) is 0 Å². The van der Waals surface area contributed by atoms with Gasteiger partial charge >= 0.3 is 0 Å². The van der Waals surface area contributed by atoms with E-state index in [2.05, 4.69) is 46.4 Å². The third kappa shape index (κ3) is 6.39. The zero-order valence-corrected chi connectivity index (χ0v) is 25.9. The van der Waals surface area contributed by atoms with Crippen LogP contribution in [0.15, 0.2) is 0 Å². The lowest BCUT2D eigenvalue weighted by atomic mass is 9.50. The standard InChI is InChI=1S/C35H67N/c1-7-10-11-19-25-30(24-8-2)33(4,5)32-31-26-20-15-14-18-23-29-36(31)35(9-3)28-22-17-13-12-16-21-27-34(32,35)6/h30-32H,7-29H2,1-6H3. The molecule has 0 radical (unpaired) electrons. The molecule has 212 valence electrons. The summed E-state index contributed by atoms with van der Waals surface area (Å²) in [6.45, 7) is 17.2. The Bertz CT molecular complexity index is 610. The molecule has 1 nitrogen and oxygen atoms in total. The molecule has 0 aromatic rings. The van der Waals surface area contributed by atoms with Crippen LogP contribution in [-0.2, 0) is 0 Å². The highest BCUT2D eigenvalue weighted by molar-refractivity contribution is 5.19. The van der Waals surface area contributed by atoms with Gasteiger partial charge in [-0.05, 0) is 67.7 Å². The summed E-state index contributed by atoms with van der Waals surface area (Å²) in [6, 6.07) is 0.818. The van der Waals surface area contributed by atoms with Gasteiger partial charge in [0.2, 0.25) is 0 Å². The number of fused-ring (bicyclic) bond motifs is 3. The maximum atomic E-state index is 3.24. The van der Waals surface area contributed by atoms with Crippen molar-refractivity contribution in [3.05, 3.63) is 0 Å². The van der Waals surface area contributed by atoms with Gasteiger partial charge in [0.15, 0.2) is 0 Å².